The van der Waals surface area contributed by atoms with Crippen LogP contribution in [-0.4, -0.2) is 50.7 Å². The first-order chi connectivity index (χ1) is 14.6. The highest BCUT2D eigenvalue weighted by molar-refractivity contribution is 5.92. The largest absolute Gasteiger partial charge is 0.337 e. The average molecular weight is 405 g/mol. The fraction of sp³-hybridized carbons (Fsp3) is 0.500. The van der Waals surface area contributed by atoms with Crippen molar-refractivity contribution in [2.75, 3.05) is 13.1 Å². The number of carbonyl (C=O) groups is 2. The Morgan fingerprint density at radius 1 is 1.03 bits per heavy atom. The van der Waals surface area contributed by atoms with E-state index in [1.54, 1.807) is 12.4 Å². The van der Waals surface area contributed by atoms with Crippen molar-refractivity contribution < 1.29 is 9.59 Å². The summed E-state index contributed by atoms with van der Waals surface area (Å²) in [5.41, 5.74) is 2.26. The molecule has 6 heteroatoms. The number of aromatic nitrogens is 2. The van der Waals surface area contributed by atoms with E-state index in [-0.39, 0.29) is 23.4 Å². The first kappa shape index (κ1) is 19.2. The number of rotatable bonds is 3. The summed E-state index contributed by atoms with van der Waals surface area (Å²) in [6.45, 7) is 3.16. The average Bonchev–Trinajstić information content (AvgIpc) is 3.30. The molecule has 156 valence electrons. The number of piperidine rings is 1. The number of likely N-dealkylation sites (tertiary alicyclic amines) is 2. The lowest BCUT2D eigenvalue weighted by atomic mass is 9.65. The molecular weight excluding hydrogens is 376 g/mol. The molecule has 1 aliphatic carbocycles. The van der Waals surface area contributed by atoms with Crippen LogP contribution in [0.15, 0.2) is 42.7 Å². The number of hydrogen-bond acceptors (Lipinski definition) is 4. The van der Waals surface area contributed by atoms with Crippen LogP contribution in [0, 0.1) is 12.3 Å². The Hall–Kier alpha value is -2.76. The Balaban J connectivity index is 1.31. The van der Waals surface area contributed by atoms with Gasteiger partial charge in [0.05, 0.1) is 23.3 Å². The van der Waals surface area contributed by atoms with E-state index in [0.717, 1.165) is 44.2 Å². The number of benzene rings is 1. The third-order valence-corrected chi connectivity index (χ3v) is 7.22. The van der Waals surface area contributed by atoms with E-state index >= 15 is 0 Å². The lowest BCUT2D eigenvalue weighted by molar-refractivity contribution is -0.180. The first-order valence-corrected chi connectivity index (χ1v) is 11.1. The third-order valence-electron chi connectivity index (χ3n) is 7.22. The number of aryl methyl sites for hydroxylation is 1. The summed E-state index contributed by atoms with van der Waals surface area (Å²) in [4.78, 5) is 38.6. The second-order valence-corrected chi connectivity index (χ2v) is 8.96. The van der Waals surface area contributed by atoms with Gasteiger partial charge < -0.3 is 9.80 Å². The number of carbonyl (C=O) groups excluding carboxylic acids is 2. The van der Waals surface area contributed by atoms with Crippen molar-refractivity contribution in [3.8, 4) is 0 Å². The van der Waals surface area contributed by atoms with Crippen LogP contribution in [-0.2, 0) is 4.79 Å². The van der Waals surface area contributed by atoms with E-state index in [4.69, 9.17) is 0 Å². The highest BCUT2D eigenvalue weighted by Crippen LogP contribution is 2.60. The number of hydrogen-bond donors (Lipinski definition) is 0. The maximum atomic E-state index is 13.4. The third kappa shape index (κ3) is 3.01. The maximum absolute atomic E-state index is 13.4. The standard InChI is InChI=1S/C24H28N4O2/c1-17-15-26-20(16-25-17)22(29)27-13-9-19(10-14-27)28-21(18-7-3-2-4-8-18)24(23(28)30)11-5-6-12-24/h2-4,7-8,15-16,19,21H,5-6,9-14H2,1H3. The first-order valence-electron chi connectivity index (χ1n) is 11.1. The molecule has 30 heavy (non-hydrogen) atoms. The molecule has 1 unspecified atom stereocenters. The molecule has 2 saturated heterocycles. The summed E-state index contributed by atoms with van der Waals surface area (Å²) in [5.74, 6) is 0.269. The van der Waals surface area contributed by atoms with Crippen LogP contribution in [0.2, 0.25) is 0 Å². The van der Waals surface area contributed by atoms with Crippen molar-refractivity contribution in [2.45, 2.75) is 57.5 Å². The van der Waals surface area contributed by atoms with Crippen LogP contribution >= 0.6 is 0 Å². The molecule has 3 heterocycles. The van der Waals surface area contributed by atoms with Gasteiger partial charge in [-0.05, 0) is 38.2 Å². The summed E-state index contributed by atoms with van der Waals surface area (Å²) >= 11 is 0. The van der Waals surface area contributed by atoms with Gasteiger partial charge in [0, 0.05) is 25.3 Å². The lowest BCUT2D eigenvalue weighted by Gasteiger charge is -2.59. The SMILES string of the molecule is Cc1cnc(C(=O)N2CCC(N3C(=O)C4(CCCC4)C3c3ccccc3)CC2)cn1. The molecule has 0 radical (unpaired) electrons. The van der Waals surface area contributed by atoms with Gasteiger partial charge in [-0.15, -0.1) is 0 Å². The van der Waals surface area contributed by atoms with Crippen molar-refractivity contribution in [1.29, 1.82) is 0 Å². The molecule has 1 spiro atoms. The minimum Gasteiger partial charge on any atom is -0.337 e. The van der Waals surface area contributed by atoms with Crippen LogP contribution in [0.1, 0.15) is 66.3 Å². The summed E-state index contributed by atoms with van der Waals surface area (Å²) in [6.07, 6.45) is 9.12. The van der Waals surface area contributed by atoms with Gasteiger partial charge in [-0.1, -0.05) is 43.2 Å². The molecule has 0 bridgehead atoms. The molecule has 1 aromatic carbocycles. The van der Waals surface area contributed by atoms with E-state index in [1.807, 2.05) is 17.9 Å². The zero-order chi connectivity index (χ0) is 20.7. The molecule has 3 aliphatic rings. The highest BCUT2D eigenvalue weighted by atomic mass is 16.2. The number of amides is 2. The molecule has 2 aromatic rings. The van der Waals surface area contributed by atoms with Gasteiger partial charge in [-0.3, -0.25) is 14.6 Å². The minimum absolute atomic E-state index is 0.0669. The Kier molecular flexibility index (Phi) is 4.80. The van der Waals surface area contributed by atoms with E-state index in [9.17, 15) is 9.59 Å². The molecule has 1 atom stereocenters. The van der Waals surface area contributed by atoms with E-state index in [2.05, 4.69) is 39.1 Å². The predicted octanol–water partition coefficient (Wildman–Crippen LogP) is 3.53. The normalized spacial score (nSPS) is 23.6. The molecule has 2 amide bonds. The Labute approximate surface area is 177 Å². The molecule has 6 nitrogen and oxygen atoms in total. The second kappa shape index (κ2) is 7.49. The zero-order valence-electron chi connectivity index (χ0n) is 17.5. The second-order valence-electron chi connectivity index (χ2n) is 8.96. The highest BCUT2D eigenvalue weighted by Gasteiger charge is 2.63. The van der Waals surface area contributed by atoms with Gasteiger partial charge >= 0.3 is 0 Å². The topological polar surface area (TPSA) is 66.4 Å². The molecule has 3 fully saturated rings. The van der Waals surface area contributed by atoms with Crippen LogP contribution in [0.25, 0.3) is 0 Å². The van der Waals surface area contributed by atoms with Gasteiger partial charge in [0.2, 0.25) is 5.91 Å². The van der Waals surface area contributed by atoms with Gasteiger partial charge in [-0.25, -0.2) is 4.98 Å². The van der Waals surface area contributed by atoms with E-state index < -0.39 is 0 Å². The van der Waals surface area contributed by atoms with Gasteiger partial charge in [-0.2, -0.15) is 0 Å². The van der Waals surface area contributed by atoms with Gasteiger partial charge in [0.15, 0.2) is 0 Å². The predicted molar refractivity (Wildman–Crippen MR) is 113 cm³/mol. The van der Waals surface area contributed by atoms with Crippen molar-refractivity contribution in [3.63, 3.8) is 0 Å². The molecule has 5 rings (SSSR count). The summed E-state index contributed by atoms with van der Waals surface area (Å²) < 4.78 is 0. The maximum Gasteiger partial charge on any atom is 0.274 e. The summed E-state index contributed by atoms with van der Waals surface area (Å²) in [7, 11) is 0. The molecule has 2 aliphatic heterocycles. The van der Waals surface area contributed by atoms with Gasteiger partial charge in [0.25, 0.3) is 5.91 Å². The quantitative estimate of drug-likeness (QED) is 0.734. The van der Waals surface area contributed by atoms with Crippen LogP contribution in [0.5, 0.6) is 0 Å². The van der Waals surface area contributed by atoms with Crippen LogP contribution < -0.4 is 0 Å². The fourth-order valence-electron chi connectivity index (χ4n) is 5.69. The van der Waals surface area contributed by atoms with Crippen LogP contribution in [0.3, 0.4) is 0 Å². The molecule has 1 saturated carbocycles. The van der Waals surface area contributed by atoms with Gasteiger partial charge in [0.1, 0.15) is 5.69 Å². The monoisotopic (exact) mass is 404 g/mol. The summed E-state index contributed by atoms with van der Waals surface area (Å²) in [6, 6.07) is 10.9. The van der Waals surface area contributed by atoms with Crippen molar-refractivity contribution in [2.24, 2.45) is 5.41 Å². The minimum atomic E-state index is -0.189. The smallest absolute Gasteiger partial charge is 0.274 e. The van der Waals surface area contributed by atoms with E-state index in [0.29, 0.717) is 24.7 Å². The number of β-lactam (4-membered cyclic amide) rings is 1. The zero-order valence-corrected chi connectivity index (χ0v) is 17.5. The van der Waals surface area contributed by atoms with Crippen molar-refractivity contribution in [3.05, 3.63) is 59.7 Å². The Morgan fingerprint density at radius 2 is 1.73 bits per heavy atom. The lowest BCUT2D eigenvalue weighted by Crippen LogP contribution is -2.66. The Morgan fingerprint density at radius 3 is 2.37 bits per heavy atom. The summed E-state index contributed by atoms with van der Waals surface area (Å²) in [5, 5.41) is 0. The van der Waals surface area contributed by atoms with Crippen molar-refractivity contribution >= 4 is 11.8 Å². The van der Waals surface area contributed by atoms with Crippen LogP contribution in [0.4, 0.5) is 0 Å². The molecule has 1 aromatic heterocycles. The van der Waals surface area contributed by atoms with Crippen molar-refractivity contribution in [1.82, 2.24) is 19.8 Å². The fourth-order valence-corrected chi connectivity index (χ4v) is 5.69. The molecular formula is C24H28N4O2. The number of nitrogens with zero attached hydrogens (tertiary/aromatic N) is 4. The molecule has 0 N–H and O–H groups in total. The van der Waals surface area contributed by atoms with E-state index in [1.165, 1.54) is 5.56 Å². The Bertz CT molecular complexity index is 929.